The number of ether oxygens (including phenoxy) is 1. The number of para-hydroxylation sites is 1. The highest BCUT2D eigenvalue weighted by molar-refractivity contribution is 5.98. The number of nitrogens with zero attached hydrogens (tertiary/aromatic N) is 1. The number of rotatable bonds is 9. The maximum absolute atomic E-state index is 13.7. The van der Waals surface area contributed by atoms with Crippen LogP contribution in [0.25, 0.3) is 10.9 Å². The Balaban J connectivity index is 1.29. The SMILES string of the molecule is C[C@H](c1c[nH]c2ccccc12)[C@@H](NC(=O)N1CCC(Oc2ccc(F)cc2)CC1)C(=O)Nc1cccc(CCN)c1. The van der Waals surface area contributed by atoms with Gasteiger partial charge in [-0.15, -0.1) is 0 Å². The van der Waals surface area contributed by atoms with Crippen LogP contribution in [0.1, 0.15) is 36.8 Å². The number of likely N-dealkylation sites (tertiary alicyclic amines) is 1. The summed E-state index contributed by atoms with van der Waals surface area (Å²) in [6.07, 6.45) is 3.80. The van der Waals surface area contributed by atoms with Crippen molar-refractivity contribution in [2.75, 3.05) is 25.0 Å². The van der Waals surface area contributed by atoms with Crippen LogP contribution in [0.15, 0.2) is 79.0 Å². The third kappa shape index (κ3) is 6.86. The normalized spacial score (nSPS) is 15.3. The molecule has 3 amide bonds. The molecule has 0 bridgehead atoms. The van der Waals surface area contributed by atoms with E-state index in [2.05, 4.69) is 15.6 Å². The van der Waals surface area contributed by atoms with Crippen molar-refractivity contribution >= 4 is 28.5 Å². The monoisotopic (exact) mass is 557 g/mol. The second kappa shape index (κ2) is 12.9. The van der Waals surface area contributed by atoms with Crippen LogP contribution in [0, 0.1) is 5.82 Å². The lowest BCUT2D eigenvalue weighted by atomic mass is 9.92. The maximum atomic E-state index is 13.7. The Kier molecular flexibility index (Phi) is 8.84. The van der Waals surface area contributed by atoms with E-state index < -0.39 is 6.04 Å². The van der Waals surface area contributed by atoms with Gasteiger partial charge in [0, 0.05) is 54.6 Å². The first-order valence-electron chi connectivity index (χ1n) is 14.0. The lowest BCUT2D eigenvalue weighted by molar-refractivity contribution is -0.118. The average molecular weight is 558 g/mol. The number of carbonyl (C=O) groups is 2. The molecule has 1 fully saturated rings. The minimum absolute atomic E-state index is 0.0745. The molecule has 5 N–H and O–H groups in total. The molecule has 0 aliphatic carbocycles. The molecule has 1 aromatic heterocycles. The van der Waals surface area contributed by atoms with Gasteiger partial charge in [-0.05, 0) is 66.6 Å². The number of piperidine rings is 1. The van der Waals surface area contributed by atoms with Gasteiger partial charge in [0.25, 0.3) is 0 Å². The molecule has 5 rings (SSSR count). The zero-order valence-corrected chi connectivity index (χ0v) is 23.1. The van der Waals surface area contributed by atoms with E-state index in [1.807, 2.05) is 61.7 Å². The van der Waals surface area contributed by atoms with Crippen molar-refractivity contribution in [1.82, 2.24) is 15.2 Å². The number of anilines is 1. The van der Waals surface area contributed by atoms with Gasteiger partial charge in [-0.1, -0.05) is 37.3 Å². The predicted molar refractivity (Wildman–Crippen MR) is 158 cm³/mol. The molecule has 214 valence electrons. The number of aromatic nitrogens is 1. The van der Waals surface area contributed by atoms with E-state index in [1.165, 1.54) is 12.1 Å². The first kappa shape index (κ1) is 28.2. The lowest BCUT2D eigenvalue weighted by Crippen LogP contribution is -2.53. The molecule has 0 saturated carbocycles. The Bertz CT molecular complexity index is 1480. The summed E-state index contributed by atoms with van der Waals surface area (Å²) in [5, 5.41) is 7.05. The van der Waals surface area contributed by atoms with E-state index in [4.69, 9.17) is 10.5 Å². The third-order valence-corrected chi connectivity index (χ3v) is 7.65. The summed E-state index contributed by atoms with van der Waals surface area (Å²) in [6, 6.07) is 20.3. The number of nitrogens with two attached hydrogens (primary N) is 1. The van der Waals surface area contributed by atoms with E-state index >= 15 is 0 Å². The fraction of sp³-hybridized carbons (Fsp3) is 0.312. The molecular formula is C32H36FN5O3. The number of benzene rings is 3. The summed E-state index contributed by atoms with van der Waals surface area (Å²) in [7, 11) is 0. The quantitative estimate of drug-likeness (QED) is 0.227. The molecule has 3 aromatic carbocycles. The fourth-order valence-electron chi connectivity index (χ4n) is 5.37. The number of carbonyl (C=O) groups excluding carboxylic acids is 2. The van der Waals surface area contributed by atoms with E-state index in [0.717, 1.165) is 22.0 Å². The minimum atomic E-state index is -0.826. The van der Waals surface area contributed by atoms with Gasteiger partial charge in [-0.25, -0.2) is 9.18 Å². The summed E-state index contributed by atoms with van der Waals surface area (Å²) in [5.74, 6) is -0.320. The van der Waals surface area contributed by atoms with Crippen LogP contribution < -0.4 is 21.1 Å². The number of aromatic amines is 1. The Hall–Kier alpha value is -4.37. The molecule has 2 heterocycles. The molecule has 2 atom stereocenters. The fourth-order valence-corrected chi connectivity index (χ4v) is 5.37. The van der Waals surface area contributed by atoms with E-state index in [0.29, 0.717) is 50.3 Å². The van der Waals surface area contributed by atoms with E-state index in [-0.39, 0.29) is 29.8 Å². The van der Waals surface area contributed by atoms with Gasteiger partial charge in [0.1, 0.15) is 23.7 Å². The van der Waals surface area contributed by atoms with Crippen molar-refractivity contribution in [2.24, 2.45) is 5.73 Å². The molecule has 0 unspecified atom stereocenters. The third-order valence-electron chi connectivity index (χ3n) is 7.65. The first-order chi connectivity index (χ1) is 19.9. The zero-order chi connectivity index (χ0) is 28.8. The highest BCUT2D eigenvalue weighted by Gasteiger charge is 2.32. The average Bonchev–Trinajstić information content (AvgIpc) is 3.42. The van der Waals surface area contributed by atoms with Crippen LogP contribution in [0.5, 0.6) is 5.75 Å². The van der Waals surface area contributed by atoms with Gasteiger partial charge in [-0.2, -0.15) is 0 Å². The number of hydrogen-bond acceptors (Lipinski definition) is 4. The highest BCUT2D eigenvalue weighted by atomic mass is 19.1. The molecule has 0 spiro atoms. The van der Waals surface area contributed by atoms with Crippen molar-refractivity contribution < 1.29 is 18.7 Å². The van der Waals surface area contributed by atoms with Crippen molar-refractivity contribution in [2.45, 2.75) is 44.2 Å². The summed E-state index contributed by atoms with van der Waals surface area (Å²) >= 11 is 0. The van der Waals surface area contributed by atoms with Gasteiger partial charge < -0.3 is 31.0 Å². The number of halogens is 1. The second-order valence-electron chi connectivity index (χ2n) is 10.5. The van der Waals surface area contributed by atoms with Crippen LogP contribution in [0.4, 0.5) is 14.9 Å². The summed E-state index contributed by atoms with van der Waals surface area (Å²) in [4.78, 5) is 32.2. The Morgan fingerprint density at radius 1 is 1.07 bits per heavy atom. The number of fused-ring (bicyclic) bond motifs is 1. The minimum Gasteiger partial charge on any atom is -0.490 e. The first-order valence-corrected chi connectivity index (χ1v) is 14.0. The van der Waals surface area contributed by atoms with Gasteiger partial charge in [0.2, 0.25) is 5.91 Å². The smallest absolute Gasteiger partial charge is 0.318 e. The second-order valence-corrected chi connectivity index (χ2v) is 10.5. The predicted octanol–water partition coefficient (Wildman–Crippen LogP) is 5.17. The Labute approximate surface area is 239 Å². The molecule has 4 aromatic rings. The molecule has 9 heteroatoms. The van der Waals surface area contributed by atoms with E-state index in [9.17, 15) is 14.0 Å². The highest BCUT2D eigenvalue weighted by Crippen LogP contribution is 2.29. The van der Waals surface area contributed by atoms with Crippen molar-refractivity contribution in [3.63, 3.8) is 0 Å². The van der Waals surface area contributed by atoms with Crippen molar-refractivity contribution in [1.29, 1.82) is 0 Å². The van der Waals surface area contributed by atoms with Crippen LogP contribution in [0.3, 0.4) is 0 Å². The van der Waals surface area contributed by atoms with Crippen molar-refractivity contribution in [3.8, 4) is 5.75 Å². The summed E-state index contributed by atoms with van der Waals surface area (Å²) in [5.41, 5.74) is 9.32. The maximum Gasteiger partial charge on any atom is 0.318 e. The standard InChI is InChI=1S/C32H36FN5O3/c1-21(28-20-35-29-8-3-2-7-27(28)29)30(31(39)36-24-6-4-5-22(19-24)13-16-34)37-32(40)38-17-14-26(15-18-38)41-25-11-9-23(33)10-12-25/h2-12,19-21,26,30,35H,13-18,34H2,1H3,(H,36,39)(H,37,40)/t21-,30-/m1/s1. The molecule has 41 heavy (non-hydrogen) atoms. The van der Waals surface area contributed by atoms with Crippen LogP contribution >= 0.6 is 0 Å². The summed E-state index contributed by atoms with van der Waals surface area (Å²) in [6.45, 7) is 3.43. The number of urea groups is 1. The Morgan fingerprint density at radius 3 is 2.59 bits per heavy atom. The van der Waals surface area contributed by atoms with E-state index in [1.54, 1.807) is 17.0 Å². The number of hydrogen-bond donors (Lipinski definition) is 4. The van der Waals surface area contributed by atoms with Crippen LogP contribution in [-0.4, -0.2) is 53.6 Å². The largest absolute Gasteiger partial charge is 0.490 e. The van der Waals surface area contributed by atoms with Gasteiger partial charge >= 0.3 is 6.03 Å². The van der Waals surface area contributed by atoms with Crippen molar-refractivity contribution in [3.05, 3.63) is 95.9 Å². The van der Waals surface area contributed by atoms with Crippen LogP contribution in [-0.2, 0) is 11.2 Å². The zero-order valence-electron chi connectivity index (χ0n) is 23.1. The topological polar surface area (TPSA) is 112 Å². The molecule has 8 nitrogen and oxygen atoms in total. The molecule has 1 aliphatic rings. The number of H-pyrrole nitrogens is 1. The summed E-state index contributed by atoms with van der Waals surface area (Å²) < 4.78 is 19.2. The Morgan fingerprint density at radius 2 is 1.83 bits per heavy atom. The molecular weight excluding hydrogens is 521 g/mol. The lowest BCUT2D eigenvalue weighted by Gasteiger charge is -2.34. The van der Waals surface area contributed by atoms with Gasteiger partial charge in [-0.3, -0.25) is 4.79 Å². The van der Waals surface area contributed by atoms with Gasteiger partial charge in [0.15, 0.2) is 0 Å². The molecule has 1 saturated heterocycles. The van der Waals surface area contributed by atoms with Crippen LogP contribution in [0.2, 0.25) is 0 Å². The molecule has 0 radical (unpaired) electrons. The van der Waals surface area contributed by atoms with Gasteiger partial charge in [0.05, 0.1) is 0 Å². The number of nitrogens with one attached hydrogen (secondary N) is 3. The number of amides is 3. The molecule has 1 aliphatic heterocycles.